The Morgan fingerprint density at radius 1 is 1.24 bits per heavy atom. The lowest BCUT2D eigenvalue weighted by Crippen LogP contribution is -2.55. The molecule has 1 saturated heterocycles. The van der Waals surface area contributed by atoms with Crippen molar-refractivity contribution in [3.05, 3.63) is 35.6 Å². The Hall–Kier alpha value is -2.15. The van der Waals surface area contributed by atoms with E-state index in [4.69, 9.17) is 4.74 Å². The Kier molecular flexibility index (Phi) is 7.63. The van der Waals surface area contributed by atoms with Gasteiger partial charge in [0.25, 0.3) is 0 Å². The second kappa shape index (κ2) is 9.57. The van der Waals surface area contributed by atoms with Crippen LogP contribution < -0.4 is 10.6 Å². The van der Waals surface area contributed by atoms with Crippen LogP contribution in [0.15, 0.2) is 24.3 Å². The number of nitrogens with one attached hydrogen (secondary N) is 2. The van der Waals surface area contributed by atoms with E-state index in [1.807, 2.05) is 19.9 Å². The standard InChI is InChI=1S/C22H34FN3O3/c1-21(2,3)29-20(28)24-15-22(4,5)25-19(27)17-9-7-11-26(14-17)13-16-8-6-10-18(23)12-16/h6,8,10,12,17H,7,9,11,13-15H2,1-5H3,(H,24,28)(H,25,27). The third kappa shape index (κ3) is 8.40. The molecule has 29 heavy (non-hydrogen) atoms. The number of likely N-dealkylation sites (tertiary alicyclic amines) is 1. The van der Waals surface area contributed by atoms with E-state index in [0.717, 1.165) is 24.9 Å². The molecule has 1 aliphatic heterocycles. The lowest BCUT2D eigenvalue weighted by molar-refractivity contribution is -0.128. The normalized spacial score (nSPS) is 18.2. The molecule has 0 saturated carbocycles. The summed E-state index contributed by atoms with van der Waals surface area (Å²) >= 11 is 0. The summed E-state index contributed by atoms with van der Waals surface area (Å²) in [5.74, 6) is -0.393. The number of nitrogens with zero attached hydrogens (tertiary/aromatic N) is 1. The Morgan fingerprint density at radius 3 is 2.62 bits per heavy atom. The number of ether oxygens (including phenoxy) is 1. The highest BCUT2D eigenvalue weighted by Crippen LogP contribution is 2.20. The van der Waals surface area contributed by atoms with Crippen LogP contribution in [0.1, 0.15) is 53.0 Å². The highest BCUT2D eigenvalue weighted by Gasteiger charge is 2.30. The van der Waals surface area contributed by atoms with E-state index in [1.165, 1.54) is 12.1 Å². The van der Waals surface area contributed by atoms with Crippen LogP contribution in [0.5, 0.6) is 0 Å². The molecule has 6 nitrogen and oxygen atoms in total. The van der Waals surface area contributed by atoms with Crippen molar-refractivity contribution in [3.8, 4) is 0 Å². The monoisotopic (exact) mass is 407 g/mol. The maximum atomic E-state index is 13.4. The fraction of sp³-hybridized carbons (Fsp3) is 0.636. The summed E-state index contributed by atoms with van der Waals surface area (Å²) < 4.78 is 18.6. The highest BCUT2D eigenvalue weighted by atomic mass is 19.1. The number of carbonyl (C=O) groups is 2. The van der Waals surface area contributed by atoms with Crippen molar-refractivity contribution in [2.24, 2.45) is 5.92 Å². The predicted molar refractivity (Wildman–Crippen MR) is 111 cm³/mol. The van der Waals surface area contributed by atoms with Crippen molar-refractivity contribution in [1.82, 2.24) is 15.5 Å². The molecule has 0 spiro atoms. The van der Waals surface area contributed by atoms with Gasteiger partial charge in [0.2, 0.25) is 5.91 Å². The summed E-state index contributed by atoms with van der Waals surface area (Å²) in [6, 6.07) is 6.58. The van der Waals surface area contributed by atoms with E-state index < -0.39 is 17.2 Å². The first-order chi connectivity index (χ1) is 13.4. The number of rotatable bonds is 6. The van der Waals surface area contributed by atoms with Gasteiger partial charge in [0, 0.05) is 19.6 Å². The average molecular weight is 408 g/mol. The number of carbonyl (C=O) groups excluding carboxylic acids is 2. The van der Waals surface area contributed by atoms with Crippen molar-refractivity contribution in [3.63, 3.8) is 0 Å². The minimum Gasteiger partial charge on any atom is -0.444 e. The summed E-state index contributed by atoms with van der Waals surface area (Å²) in [4.78, 5) is 26.8. The molecule has 162 valence electrons. The van der Waals surface area contributed by atoms with Crippen LogP contribution in [0.4, 0.5) is 9.18 Å². The van der Waals surface area contributed by atoms with Crippen molar-refractivity contribution < 1.29 is 18.7 Å². The van der Waals surface area contributed by atoms with E-state index in [-0.39, 0.29) is 24.2 Å². The molecule has 2 amide bonds. The number of amides is 2. The van der Waals surface area contributed by atoms with Crippen molar-refractivity contribution >= 4 is 12.0 Å². The molecule has 0 aromatic heterocycles. The van der Waals surface area contributed by atoms with Gasteiger partial charge < -0.3 is 15.4 Å². The van der Waals surface area contributed by atoms with Crippen LogP contribution in [0.3, 0.4) is 0 Å². The lowest BCUT2D eigenvalue weighted by Gasteiger charge is -2.35. The van der Waals surface area contributed by atoms with Gasteiger partial charge in [-0.3, -0.25) is 9.69 Å². The fourth-order valence-corrected chi connectivity index (χ4v) is 3.39. The van der Waals surface area contributed by atoms with Gasteiger partial charge in [-0.15, -0.1) is 0 Å². The maximum absolute atomic E-state index is 13.4. The summed E-state index contributed by atoms with van der Waals surface area (Å²) in [5, 5.41) is 5.75. The zero-order valence-corrected chi connectivity index (χ0v) is 18.2. The average Bonchev–Trinajstić information content (AvgIpc) is 2.59. The number of benzene rings is 1. The molecular weight excluding hydrogens is 373 g/mol. The third-order valence-corrected chi connectivity index (χ3v) is 4.71. The Morgan fingerprint density at radius 2 is 1.97 bits per heavy atom. The molecule has 0 radical (unpaired) electrons. The number of alkyl carbamates (subject to hydrolysis) is 1. The fourth-order valence-electron chi connectivity index (χ4n) is 3.39. The SMILES string of the molecule is CC(C)(CNC(=O)OC(C)(C)C)NC(=O)C1CCCN(Cc2cccc(F)c2)C1. The van der Waals surface area contributed by atoms with Crippen LogP contribution in [0, 0.1) is 11.7 Å². The van der Waals surface area contributed by atoms with Gasteiger partial charge in [0.15, 0.2) is 0 Å². The van der Waals surface area contributed by atoms with Crippen LogP contribution in [-0.4, -0.2) is 47.7 Å². The van der Waals surface area contributed by atoms with Gasteiger partial charge >= 0.3 is 6.09 Å². The molecular formula is C22H34FN3O3. The molecule has 1 aromatic rings. The van der Waals surface area contributed by atoms with Gasteiger partial charge in [-0.2, -0.15) is 0 Å². The van der Waals surface area contributed by atoms with Gasteiger partial charge in [0.1, 0.15) is 11.4 Å². The molecule has 2 rings (SSSR count). The van der Waals surface area contributed by atoms with Gasteiger partial charge in [0.05, 0.1) is 11.5 Å². The minimum atomic E-state index is -0.598. The van der Waals surface area contributed by atoms with E-state index >= 15 is 0 Å². The molecule has 0 aliphatic carbocycles. The van der Waals surface area contributed by atoms with Crippen LogP contribution in [-0.2, 0) is 16.1 Å². The first-order valence-electron chi connectivity index (χ1n) is 10.2. The van der Waals surface area contributed by atoms with E-state index in [9.17, 15) is 14.0 Å². The van der Waals surface area contributed by atoms with Crippen molar-refractivity contribution in [2.75, 3.05) is 19.6 Å². The highest BCUT2D eigenvalue weighted by molar-refractivity contribution is 5.80. The van der Waals surface area contributed by atoms with E-state index in [2.05, 4.69) is 15.5 Å². The van der Waals surface area contributed by atoms with Crippen molar-refractivity contribution in [1.29, 1.82) is 0 Å². The largest absolute Gasteiger partial charge is 0.444 e. The number of hydrogen-bond acceptors (Lipinski definition) is 4. The summed E-state index contributed by atoms with van der Waals surface area (Å²) in [7, 11) is 0. The Labute approximate surface area is 173 Å². The zero-order chi connectivity index (χ0) is 21.7. The summed E-state index contributed by atoms with van der Waals surface area (Å²) in [6.07, 6.45) is 1.24. The zero-order valence-electron chi connectivity index (χ0n) is 18.2. The smallest absolute Gasteiger partial charge is 0.407 e. The molecule has 7 heteroatoms. The summed E-state index contributed by atoms with van der Waals surface area (Å²) in [5.41, 5.74) is -0.253. The van der Waals surface area contributed by atoms with Crippen LogP contribution >= 0.6 is 0 Å². The second-order valence-electron chi connectivity index (χ2n) is 9.43. The molecule has 1 fully saturated rings. The molecule has 1 atom stereocenters. The van der Waals surface area contributed by atoms with Gasteiger partial charge in [-0.1, -0.05) is 12.1 Å². The maximum Gasteiger partial charge on any atom is 0.407 e. The third-order valence-electron chi connectivity index (χ3n) is 4.71. The number of hydrogen-bond donors (Lipinski definition) is 2. The Bertz CT molecular complexity index is 715. The second-order valence-corrected chi connectivity index (χ2v) is 9.43. The number of piperidine rings is 1. The van der Waals surface area contributed by atoms with Crippen molar-refractivity contribution in [2.45, 2.75) is 65.1 Å². The molecule has 1 unspecified atom stereocenters. The van der Waals surface area contributed by atoms with Gasteiger partial charge in [-0.25, -0.2) is 9.18 Å². The first kappa shape index (κ1) is 23.1. The lowest BCUT2D eigenvalue weighted by atomic mass is 9.95. The first-order valence-corrected chi connectivity index (χ1v) is 10.2. The minimum absolute atomic E-state index is 0.0232. The number of halogens is 1. The topological polar surface area (TPSA) is 70.7 Å². The molecule has 1 aliphatic rings. The molecule has 2 N–H and O–H groups in total. The predicted octanol–water partition coefficient (Wildman–Crippen LogP) is 3.46. The summed E-state index contributed by atoms with van der Waals surface area (Å²) in [6.45, 7) is 11.6. The molecule has 1 aromatic carbocycles. The van der Waals surface area contributed by atoms with Gasteiger partial charge in [-0.05, 0) is 71.7 Å². The van der Waals surface area contributed by atoms with Crippen LogP contribution in [0.25, 0.3) is 0 Å². The van der Waals surface area contributed by atoms with Crippen LogP contribution in [0.2, 0.25) is 0 Å². The Balaban J connectivity index is 1.84. The van der Waals surface area contributed by atoms with E-state index in [0.29, 0.717) is 13.1 Å². The molecule has 1 heterocycles. The molecule has 0 bridgehead atoms. The van der Waals surface area contributed by atoms with E-state index in [1.54, 1.807) is 26.8 Å². The quantitative estimate of drug-likeness (QED) is 0.758.